The molecule has 0 aromatic rings. The van der Waals surface area contributed by atoms with Crippen molar-refractivity contribution in [1.29, 1.82) is 0 Å². The molecular weight excluding hydrogens is 230 g/mol. The Labute approximate surface area is 111 Å². The van der Waals surface area contributed by atoms with E-state index in [0.717, 1.165) is 25.9 Å². The van der Waals surface area contributed by atoms with Gasteiger partial charge in [0, 0.05) is 26.2 Å². The number of nitrogens with two attached hydrogens (primary N) is 1. The summed E-state index contributed by atoms with van der Waals surface area (Å²) < 4.78 is 4.94. The first-order valence-electron chi connectivity index (χ1n) is 6.56. The van der Waals surface area contributed by atoms with Crippen LogP contribution in [0.15, 0.2) is 4.99 Å². The Hall–Kier alpha value is -0.850. The van der Waals surface area contributed by atoms with Gasteiger partial charge in [0.25, 0.3) is 0 Å². The van der Waals surface area contributed by atoms with Gasteiger partial charge in [-0.2, -0.15) is 0 Å². The van der Waals surface area contributed by atoms with Gasteiger partial charge in [-0.05, 0) is 40.3 Å². The number of methoxy groups -OCH3 is 1. The number of rotatable bonds is 9. The summed E-state index contributed by atoms with van der Waals surface area (Å²) in [7, 11) is 3.81. The molecule has 0 aromatic heterocycles. The minimum atomic E-state index is 0.602. The number of unbranched alkanes of at least 4 members (excludes halogenated alkanes) is 1. The molecular formula is C12H29N5O. The van der Waals surface area contributed by atoms with Crippen LogP contribution in [-0.2, 0) is 4.74 Å². The van der Waals surface area contributed by atoms with Gasteiger partial charge in [0.1, 0.15) is 0 Å². The van der Waals surface area contributed by atoms with Crippen molar-refractivity contribution in [2.24, 2.45) is 10.8 Å². The summed E-state index contributed by atoms with van der Waals surface area (Å²) in [6.45, 7) is 7.64. The number of hydrogen-bond donors (Lipinski definition) is 3. The molecule has 108 valence electrons. The first-order chi connectivity index (χ1) is 8.61. The average Bonchev–Trinajstić information content (AvgIpc) is 2.36. The normalized spacial score (nSPS) is 12.3. The van der Waals surface area contributed by atoms with Crippen LogP contribution in [-0.4, -0.2) is 57.3 Å². The van der Waals surface area contributed by atoms with Gasteiger partial charge in [-0.15, -0.1) is 0 Å². The number of hydrazine groups is 1. The van der Waals surface area contributed by atoms with Crippen molar-refractivity contribution in [1.82, 2.24) is 15.6 Å². The number of nitrogens with zero attached hydrogens (tertiary/aromatic N) is 2. The first-order valence-corrected chi connectivity index (χ1v) is 6.56. The monoisotopic (exact) mass is 259 g/mol. The maximum absolute atomic E-state index is 5.37. The molecule has 0 aliphatic carbocycles. The summed E-state index contributed by atoms with van der Waals surface area (Å²) in [5.74, 6) is 5.99. The molecule has 6 heteroatoms. The highest BCUT2D eigenvalue weighted by Crippen LogP contribution is 1.98. The zero-order chi connectivity index (χ0) is 13.8. The van der Waals surface area contributed by atoms with E-state index in [1.807, 2.05) is 0 Å². The Morgan fingerprint density at radius 1 is 1.39 bits per heavy atom. The SMILES string of the molecule is COCCNC(=NCCCCN(C)C(C)C)NN. The quantitative estimate of drug-likeness (QED) is 0.181. The molecule has 0 aliphatic rings. The van der Waals surface area contributed by atoms with Crippen LogP contribution in [0.4, 0.5) is 0 Å². The second kappa shape index (κ2) is 11.3. The van der Waals surface area contributed by atoms with Crippen molar-refractivity contribution >= 4 is 5.96 Å². The average molecular weight is 259 g/mol. The number of ether oxygens (including phenoxy) is 1. The van der Waals surface area contributed by atoms with Crippen LogP contribution < -0.4 is 16.6 Å². The third-order valence-corrected chi connectivity index (χ3v) is 2.81. The Balaban J connectivity index is 3.64. The van der Waals surface area contributed by atoms with Crippen molar-refractivity contribution in [2.45, 2.75) is 32.7 Å². The summed E-state index contributed by atoms with van der Waals surface area (Å²) in [6, 6.07) is 0.602. The highest BCUT2D eigenvalue weighted by molar-refractivity contribution is 5.79. The molecule has 0 aliphatic heterocycles. The van der Waals surface area contributed by atoms with Gasteiger partial charge in [-0.25, -0.2) is 5.84 Å². The summed E-state index contributed by atoms with van der Waals surface area (Å²) in [5, 5.41) is 3.07. The van der Waals surface area contributed by atoms with Crippen LogP contribution in [0.3, 0.4) is 0 Å². The summed E-state index contributed by atoms with van der Waals surface area (Å²) in [4.78, 5) is 6.69. The molecule has 0 bridgehead atoms. The fourth-order valence-corrected chi connectivity index (χ4v) is 1.35. The van der Waals surface area contributed by atoms with Crippen molar-refractivity contribution < 1.29 is 4.74 Å². The van der Waals surface area contributed by atoms with E-state index < -0.39 is 0 Å². The lowest BCUT2D eigenvalue weighted by Gasteiger charge is -2.20. The molecule has 0 fully saturated rings. The summed E-state index contributed by atoms with van der Waals surface area (Å²) in [6.07, 6.45) is 2.21. The van der Waals surface area contributed by atoms with Gasteiger partial charge < -0.3 is 15.0 Å². The molecule has 0 amide bonds. The lowest BCUT2D eigenvalue weighted by molar-refractivity contribution is 0.203. The molecule has 0 spiro atoms. The Bertz CT molecular complexity index is 221. The maximum Gasteiger partial charge on any atom is 0.205 e. The maximum atomic E-state index is 5.37. The van der Waals surface area contributed by atoms with E-state index in [1.165, 1.54) is 0 Å². The molecule has 0 aromatic carbocycles. The molecule has 18 heavy (non-hydrogen) atoms. The van der Waals surface area contributed by atoms with E-state index in [-0.39, 0.29) is 0 Å². The molecule has 0 rings (SSSR count). The van der Waals surface area contributed by atoms with Crippen LogP contribution in [0.1, 0.15) is 26.7 Å². The zero-order valence-corrected chi connectivity index (χ0v) is 12.2. The topological polar surface area (TPSA) is 74.9 Å². The Morgan fingerprint density at radius 3 is 2.67 bits per heavy atom. The standard InChI is InChI=1S/C12H29N5O/c1-11(2)17(3)9-6-5-7-14-12(16-13)15-8-10-18-4/h11H,5-10,13H2,1-4H3,(H2,14,15,16). The minimum absolute atomic E-state index is 0.602. The minimum Gasteiger partial charge on any atom is -0.383 e. The third-order valence-electron chi connectivity index (χ3n) is 2.81. The molecule has 6 nitrogen and oxygen atoms in total. The van der Waals surface area contributed by atoms with Crippen molar-refractivity contribution in [3.63, 3.8) is 0 Å². The Morgan fingerprint density at radius 2 is 2.11 bits per heavy atom. The molecule has 0 heterocycles. The molecule has 0 unspecified atom stereocenters. The van der Waals surface area contributed by atoms with Crippen LogP contribution >= 0.6 is 0 Å². The predicted molar refractivity (Wildman–Crippen MR) is 76.5 cm³/mol. The fourth-order valence-electron chi connectivity index (χ4n) is 1.35. The van der Waals surface area contributed by atoms with E-state index in [4.69, 9.17) is 10.6 Å². The fraction of sp³-hybridized carbons (Fsp3) is 0.917. The summed E-state index contributed by atoms with van der Waals surface area (Å²) >= 11 is 0. The number of guanidine groups is 1. The van der Waals surface area contributed by atoms with Gasteiger partial charge in [0.05, 0.1) is 6.61 Å². The van der Waals surface area contributed by atoms with Gasteiger partial charge >= 0.3 is 0 Å². The Kier molecular flexibility index (Phi) is 10.7. The highest BCUT2D eigenvalue weighted by Gasteiger charge is 2.01. The smallest absolute Gasteiger partial charge is 0.205 e. The lowest BCUT2D eigenvalue weighted by Crippen LogP contribution is -2.42. The third kappa shape index (κ3) is 9.21. The van der Waals surface area contributed by atoms with E-state index >= 15 is 0 Å². The predicted octanol–water partition coefficient (Wildman–Crippen LogP) is 0.162. The van der Waals surface area contributed by atoms with Crippen LogP contribution in [0.25, 0.3) is 0 Å². The van der Waals surface area contributed by atoms with Crippen LogP contribution in [0.5, 0.6) is 0 Å². The molecule has 4 N–H and O–H groups in total. The van der Waals surface area contributed by atoms with E-state index in [0.29, 0.717) is 25.2 Å². The highest BCUT2D eigenvalue weighted by atomic mass is 16.5. The van der Waals surface area contributed by atoms with Crippen molar-refractivity contribution in [3.05, 3.63) is 0 Å². The lowest BCUT2D eigenvalue weighted by atomic mass is 10.2. The van der Waals surface area contributed by atoms with Crippen molar-refractivity contribution in [3.8, 4) is 0 Å². The second-order valence-corrected chi connectivity index (χ2v) is 4.58. The zero-order valence-electron chi connectivity index (χ0n) is 12.2. The molecule has 0 saturated carbocycles. The number of aliphatic imine (C=N–C) groups is 1. The number of hydrogen-bond acceptors (Lipinski definition) is 4. The first kappa shape index (κ1) is 17.2. The van der Waals surface area contributed by atoms with Crippen LogP contribution in [0, 0.1) is 0 Å². The second-order valence-electron chi connectivity index (χ2n) is 4.58. The van der Waals surface area contributed by atoms with Crippen LogP contribution in [0.2, 0.25) is 0 Å². The summed E-state index contributed by atoms with van der Waals surface area (Å²) in [5.41, 5.74) is 2.55. The largest absolute Gasteiger partial charge is 0.383 e. The molecule has 0 radical (unpaired) electrons. The molecule has 0 atom stereocenters. The van der Waals surface area contributed by atoms with Crippen molar-refractivity contribution in [2.75, 3.05) is 40.4 Å². The number of nitrogens with one attached hydrogen (secondary N) is 2. The molecule has 0 saturated heterocycles. The van der Waals surface area contributed by atoms with E-state index in [9.17, 15) is 0 Å². The van der Waals surface area contributed by atoms with E-state index in [2.05, 4.69) is 41.5 Å². The van der Waals surface area contributed by atoms with Gasteiger partial charge in [0.2, 0.25) is 5.96 Å². The van der Waals surface area contributed by atoms with Gasteiger partial charge in [-0.3, -0.25) is 10.4 Å². The van der Waals surface area contributed by atoms with Gasteiger partial charge in [0.15, 0.2) is 0 Å². The van der Waals surface area contributed by atoms with E-state index in [1.54, 1.807) is 7.11 Å². The van der Waals surface area contributed by atoms with Gasteiger partial charge in [-0.1, -0.05) is 0 Å².